The average molecular weight is 402 g/mol. The summed E-state index contributed by atoms with van der Waals surface area (Å²) in [7, 11) is 0. The van der Waals surface area contributed by atoms with Gasteiger partial charge in [-0.2, -0.15) is 4.98 Å². The van der Waals surface area contributed by atoms with Crippen molar-refractivity contribution in [1.29, 1.82) is 0 Å². The van der Waals surface area contributed by atoms with Crippen molar-refractivity contribution >= 4 is 11.6 Å². The van der Waals surface area contributed by atoms with Crippen LogP contribution in [-0.2, 0) is 19.6 Å². The Morgan fingerprint density at radius 2 is 1.61 bits per heavy atom. The van der Waals surface area contributed by atoms with E-state index in [0.717, 1.165) is 13.7 Å². The Morgan fingerprint density at radius 1 is 1.00 bits per heavy atom. The van der Waals surface area contributed by atoms with Gasteiger partial charge in [-0.3, -0.25) is 0 Å². The van der Waals surface area contributed by atoms with Crippen LogP contribution in [0.25, 0.3) is 11.4 Å². The molecule has 0 bridgehead atoms. The van der Waals surface area contributed by atoms with E-state index >= 15 is 0 Å². The van der Waals surface area contributed by atoms with Crippen LogP contribution in [0, 0.1) is 0 Å². The van der Waals surface area contributed by atoms with Gasteiger partial charge in [-0.25, -0.2) is 28.1 Å². The molecule has 0 radical (unpaired) electrons. The number of benzene rings is 1. The first-order chi connectivity index (χ1) is 13.5. The lowest BCUT2D eigenvalue weighted by atomic mass is 10.2. The molecule has 144 valence electrons. The monoisotopic (exact) mass is 401 g/mol. The Labute approximate surface area is 163 Å². The lowest BCUT2D eigenvalue weighted by Crippen LogP contribution is -2.54. The van der Waals surface area contributed by atoms with Crippen LogP contribution in [0.5, 0.6) is 0 Å². The van der Waals surface area contributed by atoms with E-state index in [1.165, 1.54) is 12.2 Å². The van der Waals surface area contributed by atoms with Crippen LogP contribution in [0.1, 0.15) is 5.89 Å². The highest BCUT2D eigenvalue weighted by molar-refractivity contribution is 6.30. The van der Waals surface area contributed by atoms with Gasteiger partial charge >= 0.3 is 17.1 Å². The third kappa shape index (κ3) is 3.65. The number of hydrogen-bond acceptors (Lipinski definition) is 6. The summed E-state index contributed by atoms with van der Waals surface area (Å²) < 4.78 is 7.80. The van der Waals surface area contributed by atoms with Gasteiger partial charge in [0.15, 0.2) is 0 Å². The van der Waals surface area contributed by atoms with Crippen molar-refractivity contribution in [2.24, 2.45) is 0 Å². The summed E-state index contributed by atoms with van der Waals surface area (Å²) >= 11 is 5.96. The molecule has 2 aromatic heterocycles. The Morgan fingerprint density at radius 3 is 2.18 bits per heavy atom. The maximum atomic E-state index is 12.6. The second-order valence-corrected chi connectivity index (χ2v) is 6.19. The minimum absolute atomic E-state index is 0.0307. The molecule has 9 nitrogen and oxygen atoms in total. The van der Waals surface area contributed by atoms with Gasteiger partial charge in [-0.05, 0) is 12.1 Å². The van der Waals surface area contributed by atoms with Crippen LogP contribution in [0.3, 0.4) is 0 Å². The minimum Gasteiger partial charge on any atom is -0.337 e. The molecule has 10 heteroatoms. The quantitative estimate of drug-likeness (QED) is 0.552. The van der Waals surface area contributed by atoms with E-state index in [1.54, 1.807) is 24.3 Å². The molecule has 0 atom stereocenters. The highest BCUT2D eigenvalue weighted by Gasteiger charge is 2.17. The second kappa shape index (κ2) is 8.05. The molecule has 0 saturated heterocycles. The fourth-order valence-electron chi connectivity index (χ4n) is 2.59. The molecule has 0 spiro atoms. The number of aromatic nitrogens is 5. The van der Waals surface area contributed by atoms with Gasteiger partial charge in [0.25, 0.3) is 0 Å². The third-order valence-corrected chi connectivity index (χ3v) is 4.09. The standard InChI is InChI=1S/C18H16ClN5O4/c1-3-8-22-16(25)23(9-4-2)18(27)24(17(22)26)11-14-20-15(21-28-14)12-6-5-7-13(19)10-12/h3-7,10H,1-2,8-9,11H2. The van der Waals surface area contributed by atoms with Crippen molar-refractivity contribution in [1.82, 2.24) is 23.8 Å². The van der Waals surface area contributed by atoms with Crippen molar-refractivity contribution in [3.63, 3.8) is 0 Å². The van der Waals surface area contributed by atoms with Gasteiger partial charge in [0.05, 0.1) is 13.1 Å². The number of rotatable bonds is 7. The van der Waals surface area contributed by atoms with Crippen LogP contribution in [0.4, 0.5) is 0 Å². The van der Waals surface area contributed by atoms with Crippen molar-refractivity contribution in [2.45, 2.75) is 19.6 Å². The second-order valence-electron chi connectivity index (χ2n) is 5.75. The predicted octanol–water partition coefficient (Wildman–Crippen LogP) is 1.30. The van der Waals surface area contributed by atoms with Gasteiger partial charge in [-0.15, -0.1) is 13.2 Å². The molecule has 28 heavy (non-hydrogen) atoms. The van der Waals surface area contributed by atoms with E-state index in [1.807, 2.05) is 0 Å². The molecule has 0 aliphatic rings. The molecular weight excluding hydrogens is 386 g/mol. The number of hydrogen-bond donors (Lipinski definition) is 0. The number of allylic oxidation sites excluding steroid dienone is 2. The minimum atomic E-state index is -0.794. The molecule has 0 unspecified atom stereocenters. The first kappa shape index (κ1) is 19.3. The van der Waals surface area contributed by atoms with Gasteiger partial charge in [0.2, 0.25) is 11.7 Å². The van der Waals surface area contributed by atoms with E-state index in [-0.39, 0.29) is 31.3 Å². The van der Waals surface area contributed by atoms with Crippen LogP contribution >= 0.6 is 11.6 Å². The molecule has 0 fully saturated rings. The van der Waals surface area contributed by atoms with Crippen molar-refractivity contribution in [3.05, 3.63) is 91.9 Å². The largest absolute Gasteiger partial charge is 0.337 e. The van der Waals surface area contributed by atoms with Crippen LogP contribution in [0.15, 0.2) is 68.5 Å². The predicted molar refractivity (Wildman–Crippen MR) is 103 cm³/mol. The van der Waals surface area contributed by atoms with Crippen LogP contribution < -0.4 is 17.1 Å². The maximum Gasteiger partial charge on any atom is 0.337 e. The summed E-state index contributed by atoms with van der Waals surface area (Å²) in [6.07, 6.45) is 2.78. The first-order valence-electron chi connectivity index (χ1n) is 8.21. The fraction of sp³-hybridized carbons (Fsp3) is 0.167. The van der Waals surface area contributed by atoms with E-state index in [9.17, 15) is 14.4 Å². The lowest BCUT2D eigenvalue weighted by molar-refractivity contribution is 0.360. The van der Waals surface area contributed by atoms with Gasteiger partial charge in [-0.1, -0.05) is 41.0 Å². The lowest BCUT2D eigenvalue weighted by Gasteiger charge is -2.10. The number of nitrogens with zero attached hydrogens (tertiary/aromatic N) is 5. The number of halogens is 1. The highest BCUT2D eigenvalue weighted by atomic mass is 35.5. The van der Waals surface area contributed by atoms with Crippen molar-refractivity contribution in [3.8, 4) is 11.4 Å². The Balaban J connectivity index is 2.06. The SMILES string of the molecule is C=CCn1c(=O)n(CC=C)c(=O)n(Cc2nc(-c3cccc(Cl)c3)no2)c1=O. The van der Waals surface area contributed by atoms with E-state index in [4.69, 9.17) is 16.1 Å². The molecule has 3 aromatic rings. The van der Waals surface area contributed by atoms with Crippen LogP contribution in [-0.4, -0.2) is 23.8 Å². The maximum absolute atomic E-state index is 12.6. The summed E-state index contributed by atoms with van der Waals surface area (Å²) in [5, 5.41) is 4.35. The summed E-state index contributed by atoms with van der Waals surface area (Å²) in [6, 6.07) is 6.84. The van der Waals surface area contributed by atoms with Gasteiger partial charge < -0.3 is 4.52 Å². The average Bonchev–Trinajstić information content (AvgIpc) is 3.15. The molecular formula is C18H16ClN5O4. The molecule has 0 saturated carbocycles. The van der Waals surface area contributed by atoms with Crippen molar-refractivity contribution in [2.75, 3.05) is 0 Å². The van der Waals surface area contributed by atoms with Crippen LogP contribution in [0.2, 0.25) is 5.02 Å². The summed E-state index contributed by atoms with van der Waals surface area (Å²) in [4.78, 5) is 41.8. The zero-order valence-electron chi connectivity index (χ0n) is 14.7. The third-order valence-electron chi connectivity index (χ3n) is 3.85. The van der Waals surface area contributed by atoms with Gasteiger partial charge in [0, 0.05) is 10.6 Å². The van der Waals surface area contributed by atoms with Crippen molar-refractivity contribution < 1.29 is 4.52 Å². The summed E-state index contributed by atoms with van der Waals surface area (Å²) in [5.74, 6) is 0.291. The zero-order chi connectivity index (χ0) is 20.3. The first-order valence-corrected chi connectivity index (χ1v) is 8.59. The Hall–Kier alpha value is -3.46. The Kier molecular flexibility index (Phi) is 5.55. The molecule has 3 rings (SSSR count). The fourth-order valence-corrected chi connectivity index (χ4v) is 2.78. The smallest absolute Gasteiger partial charge is 0.337 e. The van der Waals surface area contributed by atoms with E-state index in [2.05, 4.69) is 23.3 Å². The molecule has 0 amide bonds. The molecule has 0 N–H and O–H groups in total. The summed E-state index contributed by atoms with van der Waals surface area (Å²) in [6.45, 7) is 6.66. The van der Waals surface area contributed by atoms with E-state index in [0.29, 0.717) is 10.6 Å². The Bertz CT molecular complexity index is 1170. The normalized spacial score (nSPS) is 10.8. The zero-order valence-corrected chi connectivity index (χ0v) is 15.5. The molecule has 0 aliphatic heterocycles. The topological polar surface area (TPSA) is 105 Å². The van der Waals surface area contributed by atoms with E-state index < -0.39 is 17.1 Å². The summed E-state index contributed by atoms with van der Waals surface area (Å²) in [5.41, 5.74) is -1.71. The van der Waals surface area contributed by atoms with Gasteiger partial charge in [0.1, 0.15) is 6.54 Å². The molecule has 1 aromatic carbocycles. The molecule has 2 heterocycles. The highest BCUT2D eigenvalue weighted by Crippen LogP contribution is 2.19. The molecule has 0 aliphatic carbocycles.